The molecule has 0 aliphatic rings. The lowest BCUT2D eigenvalue weighted by molar-refractivity contribution is -0.161. The highest BCUT2D eigenvalue weighted by Gasteiger charge is 2.28. The normalized spacial score (nSPS) is 14.0. The quantitative estimate of drug-likeness (QED) is 0.0244. The van der Waals surface area contributed by atoms with Gasteiger partial charge in [-0.2, -0.15) is 0 Å². The average molecular weight is 720 g/mol. The van der Waals surface area contributed by atoms with Gasteiger partial charge in [-0.25, -0.2) is 4.57 Å². The number of hydrogen-bond donors (Lipinski definition) is 3. The molecular weight excluding hydrogens is 649 g/mol. The van der Waals surface area contributed by atoms with Crippen molar-refractivity contribution in [3.63, 3.8) is 0 Å². The van der Waals surface area contributed by atoms with Crippen LogP contribution in [0, 0.1) is 0 Å². The van der Waals surface area contributed by atoms with E-state index in [2.05, 4.69) is 30.5 Å². The van der Waals surface area contributed by atoms with Crippen LogP contribution in [0.5, 0.6) is 0 Å². The SMILES string of the molecule is CCCCCC/C=C/CCCCCCCCCC(=O)O[C@H](COC(=O)CCCCCCCCCCCC)COP(=O)(O)OC[C@H](N)C(=O)O. The smallest absolute Gasteiger partial charge is 0.472 e. The Hall–Kier alpha value is -1.78. The Morgan fingerprint density at radius 1 is 0.612 bits per heavy atom. The number of hydrogen-bond acceptors (Lipinski definition) is 9. The zero-order chi connectivity index (χ0) is 36.4. The van der Waals surface area contributed by atoms with Crippen LogP contribution in [-0.2, 0) is 37.5 Å². The summed E-state index contributed by atoms with van der Waals surface area (Å²) in [6, 6.07) is -1.52. The van der Waals surface area contributed by atoms with Crippen LogP contribution >= 0.6 is 7.82 Å². The van der Waals surface area contributed by atoms with E-state index in [4.69, 9.17) is 24.8 Å². The predicted octanol–water partition coefficient (Wildman–Crippen LogP) is 9.34. The maximum atomic E-state index is 12.5. The Morgan fingerprint density at radius 3 is 1.51 bits per heavy atom. The summed E-state index contributed by atoms with van der Waals surface area (Å²) in [6.07, 6.45) is 30.0. The fourth-order valence-electron chi connectivity index (χ4n) is 5.18. The average Bonchev–Trinajstić information content (AvgIpc) is 3.07. The molecule has 288 valence electrons. The molecule has 0 spiro atoms. The van der Waals surface area contributed by atoms with Gasteiger partial charge in [0.1, 0.15) is 12.6 Å². The van der Waals surface area contributed by atoms with Gasteiger partial charge in [0, 0.05) is 12.8 Å². The lowest BCUT2D eigenvalue weighted by Crippen LogP contribution is -2.34. The molecule has 0 aromatic carbocycles. The Morgan fingerprint density at radius 2 is 1.02 bits per heavy atom. The van der Waals surface area contributed by atoms with Gasteiger partial charge in [-0.15, -0.1) is 0 Å². The maximum Gasteiger partial charge on any atom is 0.472 e. The van der Waals surface area contributed by atoms with Crippen molar-refractivity contribution < 1.29 is 47.5 Å². The molecule has 4 N–H and O–H groups in total. The molecule has 49 heavy (non-hydrogen) atoms. The van der Waals surface area contributed by atoms with Gasteiger partial charge in [0.2, 0.25) is 0 Å². The zero-order valence-corrected chi connectivity index (χ0v) is 31.7. The minimum absolute atomic E-state index is 0.160. The highest BCUT2D eigenvalue weighted by atomic mass is 31.2. The molecule has 0 aromatic heterocycles. The van der Waals surface area contributed by atoms with Crippen LogP contribution < -0.4 is 5.73 Å². The molecule has 0 bridgehead atoms. The standard InChI is InChI=1S/C37H70NO10P/c1-3-5-7-9-11-13-15-16-17-18-19-21-23-25-27-29-36(40)48-33(31-46-49(43,44)47-32-34(38)37(41)42)30-45-35(39)28-26-24-22-20-14-12-10-8-6-4-2/h13,15,33-34H,3-12,14,16-32,38H2,1-2H3,(H,41,42)(H,43,44)/b15-13+/t33-,34+/m1/s1. The molecule has 0 saturated heterocycles. The van der Waals surface area contributed by atoms with Crippen LogP contribution in [0.25, 0.3) is 0 Å². The van der Waals surface area contributed by atoms with E-state index < -0.39 is 51.1 Å². The minimum Gasteiger partial charge on any atom is -0.480 e. The third-order valence-electron chi connectivity index (χ3n) is 8.26. The fraction of sp³-hybridized carbons (Fsp3) is 0.865. The molecule has 3 atom stereocenters. The summed E-state index contributed by atoms with van der Waals surface area (Å²) >= 11 is 0. The number of carbonyl (C=O) groups is 3. The van der Waals surface area contributed by atoms with Gasteiger partial charge in [0.15, 0.2) is 6.10 Å². The van der Waals surface area contributed by atoms with Crippen LogP contribution in [0.2, 0.25) is 0 Å². The maximum absolute atomic E-state index is 12.5. The van der Waals surface area contributed by atoms with Gasteiger partial charge in [0.25, 0.3) is 0 Å². The van der Waals surface area contributed by atoms with Gasteiger partial charge in [-0.3, -0.25) is 23.4 Å². The number of unbranched alkanes of at least 4 members (excludes halogenated alkanes) is 20. The molecule has 0 amide bonds. The Bertz CT molecular complexity index is 900. The minimum atomic E-state index is -4.70. The van der Waals surface area contributed by atoms with Crippen molar-refractivity contribution in [2.45, 2.75) is 187 Å². The number of rotatable bonds is 36. The van der Waals surface area contributed by atoms with Crippen LogP contribution in [-0.4, -0.2) is 59.9 Å². The van der Waals surface area contributed by atoms with Crippen molar-refractivity contribution >= 4 is 25.7 Å². The third kappa shape index (κ3) is 33.1. The molecule has 0 aliphatic carbocycles. The van der Waals surface area contributed by atoms with E-state index in [1.54, 1.807) is 0 Å². The van der Waals surface area contributed by atoms with E-state index in [0.29, 0.717) is 12.8 Å². The second-order valence-corrected chi connectivity index (χ2v) is 14.5. The van der Waals surface area contributed by atoms with Crippen molar-refractivity contribution in [1.29, 1.82) is 0 Å². The summed E-state index contributed by atoms with van der Waals surface area (Å²) in [7, 11) is -4.70. The number of aliphatic carboxylic acids is 1. The van der Waals surface area contributed by atoms with Crippen LogP contribution in [0.4, 0.5) is 0 Å². The second-order valence-electron chi connectivity index (χ2n) is 13.1. The number of carbonyl (C=O) groups excluding carboxylic acids is 2. The molecule has 0 aromatic rings. The summed E-state index contributed by atoms with van der Waals surface area (Å²) in [5.74, 6) is -2.38. The number of nitrogens with two attached hydrogens (primary N) is 1. The monoisotopic (exact) mass is 719 g/mol. The molecule has 0 rings (SSSR count). The summed E-state index contributed by atoms with van der Waals surface area (Å²) < 4.78 is 32.5. The van der Waals surface area contributed by atoms with Crippen LogP contribution in [0.1, 0.15) is 174 Å². The highest BCUT2D eigenvalue weighted by Crippen LogP contribution is 2.43. The van der Waals surface area contributed by atoms with Gasteiger partial charge < -0.3 is 25.2 Å². The van der Waals surface area contributed by atoms with E-state index in [-0.39, 0.29) is 19.4 Å². The van der Waals surface area contributed by atoms with Gasteiger partial charge in [-0.05, 0) is 38.5 Å². The van der Waals surface area contributed by atoms with E-state index in [0.717, 1.165) is 44.9 Å². The Balaban J connectivity index is 4.42. The first-order valence-corrected chi connectivity index (χ1v) is 20.7. The van der Waals surface area contributed by atoms with E-state index in [1.165, 1.54) is 89.9 Å². The first kappa shape index (κ1) is 47.2. The zero-order valence-electron chi connectivity index (χ0n) is 30.8. The van der Waals surface area contributed by atoms with Crippen LogP contribution in [0.15, 0.2) is 12.2 Å². The van der Waals surface area contributed by atoms with Crippen molar-refractivity contribution in [3.05, 3.63) is 12.2 Å². The fourth-order valence-corrected chi connectivity index (χ4v) is 5.95. The van der Waals surface area contributed by atoms with Gasteiger partial charge in [0.05, 0.1) is 13.2 Å². The summed E-state index contributed by atoms with van der Waals surface area (Å²) in [5, 5.41) is 8.85. The molecule has 11 nitrogen and oxygen atoms in total. The number of allylic oxidation sites excluding steroid dienone is 2. The number of carboxylic acids is 1. The molecule has 12 heteroatoms. The van der Waals surface area contributed by atoms with Crippen molar-refractivity contribution in [1.82, 2.24) is 0 Å². The Kier molecular flexibility index (Phi) is 32.2. The molecule has 1 unspecified atom stereocenters. The molecular formula is C37H70NO10P. The summed E-state index contributed by atoms with van der Waals surface area (Å²) in [5.41, 5.74) is 5.31. The number of phosphoric ester groups is 1. The molecule has 0 heterocycles. The number of ether oxygens (including phenoxy) is 2. The highest BCUT2D eigenvalue weighted by molar-refractivity contribution is 7.47. The first-order chi connectivity index (χ1) is 23.6. The van der Waals surface area contributed by atoms with Crippen LogP contribution in [0.3, 0.4) is 0 Å². The number of esters is 2. The predicted molar refractivity (Wildman–Crippen MR) is 194 cm³/mol. The van der Waals surface area contributed by atoms with E-state index in [1.807, 2.05) is 0 Å². The van der Waals surface area contributed by atoms with E-state index >= 15 is 0 Å². The molecule has 0 saturated carbocycles. The molecule has 0 fully saturated rings. The topological polar surface area (TPSA) is 172 Å². The van der Waals surface area contributed by atoms with Gasteiger partial charge >= 0.3 is 25.7 Å². The van der Waals surface area contributed by atoms with Crippen molar-refractivity contribution in [3.8, 4) is 0 Å². The summed E-state index contributed by atoms with van der Waals surface area (Å²) in [4.78, 5) is 45.7. The molecule has 0 radical (unpaired) electrons. The lowest BCUT2D eigenvalue weighted by Gasteiger charge is -2.20. The lowest BCUT2D eigenvalue weighted by atomic mass is 10.1. The Labute approximate surface area is 297 Å². The van der Waals surface area contributed by atoms with Gasteiger partial charge in [-0.1, -0.05) is 135 Å². The van der Waals surface area contributed by atoms with Crippen molar-refractivity contribution in [2.75, 3.05) is 19.8 Å². The van der Waals surface area contributed by atoms with E-state index in [9.17, 15) is 23.8 Å². The summed E-state index contributed by atoms with van der Waals surface area (Å²) in [6.45, 7) is 2.76. The number of carboxylic acid groups (broad SMARTS) is 1. The molecule has 0 aliphatic heterocycles. The first-order valence-electron chi connectivity index (χ1n) is 19.2. The second kappa shape index (κ2) is 33.4. The number of phosphoric acid groups is 1. The third-order valence-corrected chi connectivity index (χ3v) is 9.21. The van der Waals surface area contributed by atoms with Crippen molar-refractivity contribution in [2.24, 2.45) is 5.73 Å². The largest absolute Gasteiger partial charge is 0.480 e.